The molecular formula is C9H14ClN3O. The Hall–Kier alpha value is -0.610. The summed E-state index contributed by atoms with van der Waals surface area (Å²) in [4.78, 5) is 0. The van der Waals surface area contributed by atoms with Gasteiger partial charge >= 0.3 is 0 Å². The number of nitrogens with zero attached hydrogens (tertiary/aromatic N) is 3. The molecule has 0 aromatic carbocycles. The van der Waals surface area contributed by atoms with E-state index < -0.39 is 0 Å². The highest BCUT2D eigenvalue weighted by Gasteiger charge is 2.15. The fourth-order valence-electron chi connectivity index (χ4n) is 1.74. The van der Waals surface area contributed by atoms with Crippen LogP contribution in [0.5, 0.6) is 0 Å². The van der Waals surface area contributed by atoms with Gasteiger partial charge in [0, 0.05) is 19.8 Å². The minimum absolute atomic E-state index is 0.434. The van der Waals surface area contributed by atoms with Crippen molar-refractivity contribution < 1.29 is 4.74 Å². The van der Waals surface area contributed by atoms with Gasteiger partial charge in [-0.15, -0.1) is 21.8 Å². The van der Waals surface area contributed by atoms with Gasteiger partial charge in [-0.25, -0.2) is 0 Å². The molecule has 0 bridgehead atoms. The third-order valence-electron chi connectivity index (χ3n) is 2.61. The summed E-state index contributed by atoms with van der Waals surface area (Å²) >= 11 is 5.74. The predicted molar refractivity (Wildman–Crippen MR) is 53.1 cm³/mol. The maximum absolute atomic E-state index is 5.74. The van der Waals surface area contributed by atoms with Crippen LogP contribution in [0.15, 0.2) is 6.33 Å². The Morgan fingerprint density at radius 2 is 2.29 bits per heavy atom. The molecule has 0 saturated carbocycles. The van der Waals surface area contributed by atoms with Crippen LogP contribution in [0.3, 0.4) is 0 Å². The molecule has 0 N–H and O–H groups in total. The van der Waals surface area contributed by atoms with Crippen LogP contribution in [0, 0.1) is 5.92 Å². The zero-order valence-corrected chi connectivity index (χ0v) is 8.78. The Kier molecular flexibility index (Phi) is 3.37. The zero-order chi connectivity index (χ0) is 9.80. The zero-order valence-electron chi connectivity index (χ0n) is 8.03. The number of alkyl halides is 1. The van der Waals surface area contributed by atoms with Crippen molar-refractivity contribution in [3.8, 4) is 0 Å². The molecule has 0 atom stereocenters. The molecule has 2 rings (SSSR count). The van der Waals surface area contributed by atoms with Crippen molar-refractivity contribution in [2.24, 2.45) is 5.92 Å². The highest BCUT2D eigenvalue weighted by molar-refractivity contribution is 6.16. The number of hydrogen-bond donors (Lipinski definition) is 0. The summed E-state index contributed by atoms with van der Waals surface area (Å²) in [5, 5.41) is 7.81. The fraction of sp³-hybridized carbons (Fsp3) is 0.778. The summed E-state index contributed by atoms with van der Waals surface area (Å²) in [5.74, 6) is 1.98. The van der Waals surface area contributed by atoms with Crippen LogP contribution < -0.4 is 0 Å². The van der Waals surface area contributed by atoms with E-state index >= 15 is 0 Å². The molecule has 1 aromatic rings. The van der Waals surface area contributed by atoms with Gasteiger partial charge < -0.3 is 9.30 Å². The summed E-state index contributed by atoms with van der Waals surface area (Å²) in [7, 11) is 0. The first kappa shape index (κ1) is 9.93. The minimum atomic E-state index is 0.434. The van der Waals surface area contributed by atoms with Crippen molar-refractivity contribution in [3.05, 3.63) is 12.2 Å². The molecular weight excluding hydrogens is 202 g/mol. The topological polar surface area (TPSA) is 39.9 Å². The van der Waals surface area contributed by atoms with E-state index in [1.807, 2.05) is 4.57 Å². The number of aromatic nitrogens is 3. The van der Waals surface area contributed by atoms with Crippen LogP contribution in [0.4, 0.5) is 0 Å². The Morgan fingerprint density at radius 1 is 1.50 bits per heavy atom. The predicted octanol–water partition coefficient (Wildman–Crippen LogP) is 1.44. The third kappa shape index (κ3) is 2.25. The van der Waals surface area contributed by atoms with Gasteiger partial charge in [-0.05, 0) is 18.8 Å². The molecule has 1 aliphatic heterocycles. The summed E-state index contributed by atoms with van der Waals surface area (Å²) < 4.78 is 7.35. The van der Waals surface area contributed by atoms with Gasteiger partial charge in [0.05, 0.1) is 5.88 Å². The first-order valence-electron chi connectivity index (χ1n) is 4.90. The van der Waals surface area contributed by atoms with E-state index in [9.17, 15) is 0 Å². The van der Waals surface area contributed by atoms with E-state index in [1.165, 1.54) is 0 Å². The second kappa shape index (κ2) is 4.75. The van der Waals surface area contributed by atoms with Crippen molar-refractivity contribution in [2.45, 2.75) is 25.3 Å². The molecule has 14 heavy (non-hydrogen) atoms. The Bertz CT molecular complexity index is 283. The lowest BCUT2D eigenvalue weighted by molar-refractivity contribution is 0.0610. The molecule has 78 valence electrons. The van der Waals surface area contributed by atoms with Gasteiger partial charge in [0.15, 0.2) is 0 Å². The second-order valence-electron chi connectivity index (χ2n) is 3.59. The highest BCUT2D eigenvalue weighted by atomic mass is 35.5. The molecule has 5 heteroatoms. The molecule has 4 nitrogen and oxygen atoms in total. The summed E-state index contributed by atoms with van der Waals surface area (Å²) in [5.41, 5.74) is 0. The Labute approximate surface area is 88.2 Å². The molecule has 0 amide bonds. The van der Waals surface area contributed by atoms with E-state index in [0.29, 0.717) is 11.8 Å². The fourth-order valence-corrected chi connectivity index (χ4v) is 1.95. The van der Waals surface area contributed by atoms with Crippen molar-refractivity contribution in [2.75, 3.05) is 13.2 Å². The van der Waals surface area contributed by atoms with Gasteiger partial charge in [-0.3, -0.25) is 0 Å². The van der Waals surface area contributed by atoms with Crippen molar-refractivity contribution in [3.63, 3.8) is 0 Å². The average Bonchev–Trinajstić information content (AvgIpc) is 2.67. The van der Waals surface area contributed by atoms with Crippen LogP contribution in [0.25, 0.3) is 0 Å². The summed E-state index contributed by atoms with van der Waals surface area (Å²) in [6, 6.07) is 0. The van der Waals surface area contributed by atoms with E-state index in [0.717, 1.165) is 38.4 Å². The largest absolute Gasteiger partial charge is 0.381 e. The van der Waals surface area contributed by atoms with Gasteiger partial charge in [0.25, 0.3) is 0 Å². The summed E-state index contributed by atoms with van der Waals surface area (Å²) in [6.07, 6.45) is 4.01. The Balaban J connectivity index is 1.95. The lowest BCUT2D eigenvalue weighted by Gasteiger charge is -2.22. The van der Waals surface area contributed by atoms with Gasteiger partial charge in [-0.1, -0.05) is 0 Å². The van der Waals surface area contributed by atoms with Gasteiger partial charge in [0.2, 0.25) is 0 Å². The number of ether oxygens (including phenoxy) is 1. The standard InChI is InChI=1S/C9H14ClN3O/c10-5-9-12-11-7-13(9)6-8-1-3-14-4-2-8/h7-8H,1-6H2. The van der Waals surface area contributed by atoms with E-state index in [1.54, 1.807) is 6.33 Å². The quantitative estimate of drug-likeness (QED) is 0.717. The van der Waals surface area contributed by atoms with Crippen LogP contribution in [-0.4, -0.2) is 28.0 Å². The minimum Gasteiger partial charge on any atom is -0.381 e. The van der Waals surface area contributed by atoms with Crippen molar-refractivity contribution in [1.29, 1.82) is 0 Å². The number of hydrogen-bond acceptors (Lipinski definition) is 3. The smallest absolute Gasteiger partial charge is 0.147 e. The maximum atomic E-state index is 5.74. The highest BCUT2D eigenvalue weighted by Crippen LogP contribution is 2.17. The van der Waals surface area contributed by atoms with Gasteiger partial charge in [0.1, 0.15) is 12.2 Å². The molecule has 0 aliphatic carbocycles. The first-order chi connectivity index (χ1) is 6.90. The average molecular weight is 216 g/mol. The van der Waals surface area contributed by atoms with Crippen LogP contribution in [-0.2, 0) is 17.2 Å². The van der Waals surface area contributed by atoms with Crippen LogP contribution in [0.2, 0.25) is 0 Å². The van der Waals surface area contributed by atoms with Crippen molar-refractivity contribution >= 4 is 11.6 Å². The monoisotopic (exact) mass is 215 g/mol. The second-order valence-corrected chi connectivity index (χ2v) is 3.86. The summed E-state index contributed by atoms with van der Waals surface area (Å²) in [6.45, 7) is 2.73. The first-order valence-corrected chi connectivity index (χ1v) is 5.44. The lowest BCUT2D eigenvalue weighted by Crippen LogP contribution is -2.20. The lowest BCUT2D eigenvalue weighted by atomic mass is 10.0. The molecule has 1 aliphatic rings. The van der Waals surface area contributed by atoms with Crippen molar-refractivity contribution in [1.82, 2.24) is 14.8 Å². The molecule has 0 unspecified atom stereocenters. The maximum Gasteiger partial charge on any atom is 0.147 e. The molecule has 1 aromatic heterocycles. The molecule has 1 saturated heterocycles. The number of halogens is 1. The van der Waals surface area contributed by atoms with Crippen LogP contribution in [0.1, 0.15) is 18.7 Å². The normalized spacial score (nSPS) is 18.6. The number of rotatable bonds is 3. The van der Waals surface area contributed by atoms with Gasteiger partial charge in [-0.2, -0.15) is 0 Å². The third-order valence-corrected chi connectivity index (χ3v) is 2.85. The van der Waals surface area contributed by atoms with E-state index in [4.69, 9.17) is 16.3 Å². The Morgan fingerprint density at radius 3 is 3.00 bits per heavy atom. The molecule has 0 radical (unpaired) electrons. The van der Waals surface area contributed by atoms with E-state index in [2.05, 4.69) is 10.2 Å². The SMILES string of the molecule is ClCc1nncn1CC1CCOCC1. The molecule has 2 heterocycles. The molecule has 1 fully saturated rings. The van der Waals surface area contributed by atoms with Crippen LogP contribution >= 0.6 is 11.6 Å². The molecule has 0 spiro atoms. The van der Waals surface area contributed by atoms with E-state index in [-0.39, 0.29) is 0 Å².